The Morgan fingerprint density at radius 3 is 2.67 bits per heavy atom. The number of ether oxygens (including phenoxy) is 1. The molecule has 0 aromatic rings. The Bertz CT molecular complexity index is 192. The summed E-state index contributed by atoms with van der Waals surface area (Å²) in [6.07, 6.45) is 13.7. The summed E-state index contributed by atoms with van der Waals surface area (Å²) in [7, 11) is 0. The Hall–Kier alpha value is -0.760. The van der Waals surface area contributed by atoms with Gasteiger partial charge in [0.2, 0.25) is 0 Å². The number of hydrogen-bond donors (Lipinski definition) is 1. The molecular weight excluding hydrogens is 150 g/mol. The molecule has 0 radical (unpaired) electrons. The molecule has 0 saturated heterocycles. The lowest BCUT2D eigenvalue weighted by Gasteiger charge is -2.20. The molecule has 0 spiro atoms. The van der Waals surface area contributed by atoms with Crippen molar-refractivity contribution in [2.75, 3.05) is 0 Å². The summed E-state index contributed by atoms with van der Waals surface area (Å²) in [4.78, 5) is 0. The van der Waals surface area contributed by atoms with Crippen LogP contribution < -0.4 is 5.32 Å². The van der Waals surface area contributed by atoms with Gasteiger partial charge in [-0.25, -0.2) is 0 Å². The third kappa shape index (κ3) is 1.89. The van der Waals surface area contributed by atoms with E-state index >= 15 is 0 Å². The minimum Gasteiger partial charge on any atom is -0.363 e. The van der Waals surface area contributed by atoms with Crippen molar-refractivity contribution in [2.24, 2.45) is 0 Å². The van der Waals surface area contributed by atoms with E-state index < -0.39 is 0 Å². The third-order valence-electron chi connectivity index (χ3n) is 2.39. The zero-order valence-corrected chi connectivity index (χ0v) is 7.20. The maximum Gasteiger partial charge on any atom is 0.147 e. The summed E-state index contributed by atoms with van der Waals surface area (Å²) in [5.74, 6) is 0. The molecule has 2 aliphatic rings. The molecule has 0 aromatic carbocycles. The van der Waals surface area contributed by atoms with Gasteiger partial charge in [0.1, 0.15) is 6.23 Å². The van der Waals surface area contributed by atoms with Gasteiger partial charge in [0.15, 0.2) is 0 Å². The van der Waals surface area contributed by atoms with Gasteiger partial charge < -0.3 is 10.1 Å². The highest BCUT2D eigenvalue weighted by Crippen LogP contribution is 2.22. The van der Waals surface area contributed by atoms with Crippen molar-refractivity contribution in [3.8, 4) is 0 Å². The average Bonchev–Trinajstić information content (AvgIpc) is 2.59. The van der Waals surface area contributed by atoms with Gasteiger partial charge in [-0.15, -0.1) is 0 Å². The Labute approximate surface area is 73.3 Å². The van der Waals surface area contributed by atoms with E-state index in [4.69, 9.17) is 4.74 Å². The highest BCUT2D eigenvalue weighted by atomic mass is 16.5. The first-order chi connectivity index (χ1) is 5.95. The van der Waals surface area contributed by atoms with E-state index in [9.17, 15) is 0 Å². The molecule has 0 amide bonds. The predicted molar refractivity (Wildman–Crippen MR) is 48.5 cm³/mol. The van der Waals surface area contributed by atoms with Gasteiger partial charge in [0, 0.05) is 0 Å². The van der Waals surface area contributed by atoms with Crippen LogP contribution in [0.25, 0.3) is 0 Å². The zero-order chi connectivity index (χ0) is 8.23. The van der Waals surface area contributed by atoms with Gasteiger partial charge in [0.25, 0.3) is 0 Å². The molecule has 1 aliphatic heterocycles. The number of nitrogens with one attached hydrogen (secondary N) is 1. The van der Waals surface area contributed by atoms with Crippen LogP contribution in [0.5, 0.6) is 0 Å². The molecule has 2 heteroatoms. The standard InChI is InChI=1S/C10H15NO/c1-2-6-9(5-1)12-10-7-3-4-8-11-10/h3-4,7-11H,1-2,5-6H2. The van der Waals surface area contributed by atoms with E-state index in [0.29, 0.717) is 6.10 Å². The summed E-state index contributed by atoms with van der Waals surface area (Å²) in [6, 6.07) is 0. The minimum absolute atomic E-state index is 0.109. The van der Waals surface area contributed by atoms with Crippen LogP contribution in [0.3, 0.4) is 0 Å². The molecule has 2 rings (SSSR count). The Morgan fingerprint density at radius 1 is 1.17 bits per heavy atom. The van der Waals surface area contributed by atoms with Gasteiger partial charge in [-0.2, -0.15) is 0 Å². The lowest BCUT2D eigenvalue weighted by molar-refractivity contribution is 0.00691. The Balaban J connectivity index is 1.78. The van der Waals surface area contributed by atoms with Gasteiger partial charge in [-0.3, -0.25) is 0 Å². The van der Waals surface area contributed by atoms with Crippen molar-refractivity contribution < 1.29 is 4.74 Å². The molecule has 1 heterocycles. The maximum atomic E-state index is 5.80. The number of rotatable bonds is 2. The molecular formula is C10H15NO. The van der Waals surface area contributed by atoms with Crippen LogP contribution in [0, 0.1) is 0 Å². The van der Waals surface area contributed by atoms with Crippen molar-refractivity contribution in [1.29, 1.82) is 0 Å². The van der Waals surface area contributed by atoms with E-state index in [-0.39, 0.29) is 6.23 Å². The number of dihydropyridines is 1. The van der Waals surface area contributed by atoms with Crippen molar-refractivity contribution in [2.45, 2.75) is 38.0 Å². The van der Waals surface area contributed by atoms with Crippen LogP contribution in [-0.4, -0.2) is 12.3 Å². The molecule has 1 N–H and O–H groups in total. The highest BCUT2D eigenvalue weighted by Gasteiger charge is 2.18. The lowest BCUT2D eigenvalue weighted by atomic mass is 10.3. The normalized spacial score (nSPS) is 29.2. The highest BCUT2D eigenvalue weighted by molar-refractivity contribution is 5.09. The van der Waals surface area contributed by atoms with E-state index in [0.717, 1.165) is 0 Å². The van der Waals surface area contributed by atoms with Gasteiger partial charge in [-0.1, -0.05) is 18.9 Å². The minimum atomic E-state index is 0.109. The average molecular weight is 165 g/mol. The van der Waals surface area contributed by atoms with Crippen molar-refractivity contribution >= 4 is 0 Å². The molecule has 1 atom stereocenters. The summed E-state index contributed by atoms with van der Waals surface area (Å²) >= 11 is 0. The van der Waals surface area contributed by atoms with Crippen LogP contribution in [0.4, 0.5) is 0 Å². The van der Waals surface area contributed by atoms with Crippen LogP contribution in [-0.2, 0) is 4.74 Å². The zero-order valence-electron chi connectivity index (χ0n) is 7.20. The fraction of sp³-hybridized carbons (Fsp3) is 0.600. The summed E-state index contributed by atoms with van der Waals surface area (Å²) in [5, 5.41) is 3.16. The van der Waals surface area contributed by atoms with Crippen LogP contribution in [0.15, 0.2) is 24.4 Å². The maximum absolute atomic E-state index is 5.80. The quantitative estimate of drug-likeness (QED) is 0.675. The SMILES string of the molecule is C1=CNC(OC2CCCC2)C=C1. The smallest absolute Gasteiger partial charge is 0.147 e. The van der Waals surface area contributed by atoms with E-state index in [2.05, 4.69) is 11.4 Å². The van der Waals surface area contributed by atoms with E-state index in [1.54, 1.807) is 0 Å². The van der Waals surface area contributed by atoms with Gasteiger partial charge >= 0.3 is 0 Å². The molecule has 2 nitrogen and oxygen atoms in total. The Kier molecular flexibility index (Phi) is 2.47. The Morgan fingerprint density at radius 2 is 2.00 bits per heavy atom. The molecule has 66 valence electrons. The second kappa shape index (κ2) is 3.76. The molecule has 0 aromatic heterocycles. The molecule has 1 aliphatic carbocycles. The molecule has 1 fully saturated rings. The monoisotopic (exact) mass is 165 g/mol. The molecule has 0 bridgehead atoms. The first kappa shape index (κ1) is 7.87. The van der Waals surface area contributed by atoms with Crippen molar-refractivity contribution in [3.05, 3.63) is 24.4 Å². The predicted octanol–water partition coefficient (Wildman–Crippen LogP) is 1.94. The molecule has 1 unspecified atom stereocenters. The van der Waals surface area contributed by atoms with Crippen LogP contribution >= 0.6 is 0 Å². The van der Waals surface area contributed by atoms with Crippen LogP contribution in [0.2, 0.25) is 0 Å². The summed E-state index contributed by atoms with van der Waals surface area (Å²) < 4.78 is 5.80. The second-order valence-electron chi connectivity index (χ2n) is 3.37. The first-order valence-corrected chi connectivity index (χ1v) is 4.70. The number of allylic oxidation sites excluding steroid dienone is 2. The van der Waals surface area contributed by atoms with Crippen molar-refractivity contribution in [1.82, 2.24) is 5.32 Å². The summed E-state index contributed by atoms with van der Waals surface area (Å²) in [6.45, 7) is 0. The third-order valence-corrected chi connectivity index (χ3v) is 2.39. The number of hydrogen-bond acceptors (Lipinski definition) is 2. The molecule has 12 heavy (non-hydrogen) atoms. The van der Waals surface area contributed by atoms with Crippen LogP contribution in [0.1, 0.15) is 25.7 Å². The lowest BCUT2D eigenvalue weighted by Crippen LogP contribution is -2.30. The largest absolute Gasteiger partial charge is 0.363 e. The van der Waals surface area contributed by atoms with Gasteiger partial charge in [0.05, 0.1) is 6.10 Å². The first-order valence-electron chi connectivity index (χ1n) is 4.70. The fourth-order valence-electron chi connectivity index (χ4n) is 1.74. The second-order valence-corrected chi connectivity index (χ2v) is 3.37. The van der Waals surface area contributed by atoms with Gasteiger partial charge in [-0.05, 0) is 31.2 Å². The van der Waals surface area contributed by atoms with Crippen molar-refractivity contribution in [3.63, 3.8) is 0 Å². The topological polar surface area (TPSA) is 21.3 Å². The van der Waals surface area contributed by atoms with E-state index in [1.807, 2.05) is 18.4 Å². The molecule has 1 saturated carbocycles. The van der Waals surface area contributed by atoms with E-state index in [1.165, 1.54) is 25.7 Å². The summed E-state index contributed by atoms with van der Waals surface area (Å²) in [5.41, 5.74) is 0. The fourth-order valence-corrected chi connectivity index (χ4v) is 1.74.